The zero-order valence-electron chi connectivity index (χ0n) is 17.4. The van der Waals surface area contributed by atoms with Crippen molar-refractivity contribution in [1.29, 1.82) is 0 Å². The lowest BCUT2D eigenvalue weighted by Crippen LogP contribution is -2.21. The quantitative estimate of drug-likeness (QED) is 0.596. The summed E-state index contributed by atoms with van der Waals surface area (Å²) in [5.41, 5.74) is 3.21. The number of hydrogen-bond acceptors (Lipinski definition) is 5. The van der Waals surface area contributed by atoms with Crippen molar-refractivity contribution in [2.24, 2.45) is 0 Å². The normalized spacial score (nSPS) is 16.9. The Morgan fingerprint density at radius 2 is 1.91 bits per heavy atom. The van der Waals surface area contributed by atoms with Crippen LogP contribution in [0.25, 0.3) is 11.1 Å². The standard InChI is InChI=1S/C23H22F3N5O/c1-14-10-17(12-18(11-14)30-22-28-9-7-20(31-22)23(24,25)26)16-2-4-19(29-13-16)15-3-5-21(32)27-8-6-15/h2,4,7,9-13,15H,3,5-6,8H2,1H3,(H,27,32)(H,28,30,31). The average molecular weight is 441 g/mol. The lowest BCUT2D eigenvalue weighted by molar-refractivity contribution is -0.141. The molecule has 1 aliphatic rings. The fourth-order valence-corrected chi connectivity index (χ4v) is 3.77. The summed E-state index contributed by atoms with van der Waals surface area (Å²) in [6.45, 7) is 2.55. The van der Waals surface area contributed by atoms with E-state index in [1.807, 2.05) is 37.3 Å². The second-order valence-corrected chi connectivity index (χ2v) is 7.82. The topological polar surface area (TPSA) is 79.8 Å². The van der Waals surface area contributed by atoms with E-state index in [0.717, 1.165) is 47.5 Å². The Morgan fingerprint density at radius 3 is 2.66 bits per heavy atom. The van der Waals surface area contributed by atoms with E-state index in [2.05, 4.69) is 25.6 Å². The summed E-state index contributed by atoms with van der Waals surface area (Å²) in [4.78, 5) is 23.6. The summed E-state index contributed by atoms with van der Waals surface area (Å²) in [5.74, 6) is 0.186. The maximum Gasteiger partial charge on any atom is 0.433 e. The van der Waals surface area contributed by atoms with Crippen molar-refractivity contribution in [2.75, 3.05) is 11.9 Å². The van der Waals surface area contributed by atoms with Gasteiger partial charge in [0.1, 0.15) is 5.69 Å². The third-order valence-corrected chi connectivity index (χ3v) is 5.35. The van der Waals surface area contributed by atoms with Gasteiger partial charge in [-0.1, -0.05) is 12.1 Å². The van der Waals surface area contributed by atoms with Crippen LogP contribution in [0.3, 0.4) is 0 Å². The van der Waals surface area contributed by atoms with Crippen LogP contribution in [0.1, 0.15) is 42.1 Å². The molecule has 0 saturated carbocycles. The predicted molar refractivity (Wildman–Crippen MR) is 114 cm³/mol. The van der Waals surface area contributed by atoms with Gasteiger partial charge in [-0.05, 0) is 55.2 Å². The van der Waals surface area contributed by atoms with Crippen molar-refractivity contribution in [3.8, 4) is 11.1 Å². The minimum Gasteiger partial charge on any atom is -0.356 e. The number of carbonyl (C=O) groups is 1. The van der Waals surface area contributed by atoms with Gasteiger partial charge >= 0.3 is 6.18 Å². The molecule has 0 radical (unpaired) electrons. The fourth-order valence-electron chi connectivity index (χ4n) is 3.77. The number of anilines is 2. The zero-order valence-corrected chi connectivity index (χ0v) is 17.4. The first-order valence-electron chi connectivity index (χ1n) is 10.3. The molecule has 1 unspecified atom stereocenters. The number of amides is 1. The Hall–Kier alpha value is -3.49. The maximum atomic E-state index is 12.9. The Morgan fingerprint density at radius 1 is 1.06 bits per heavy atom. The van der Waals surface area contributed by atoms with Crippen LogP contribution in [-0.2, 0) is 11.0 Å². The van der Waals surface area contributed by atoms with Crippen LogP contribution >= 0.6 is 0 Å². The van der Waals surface area contributed by atoms with E-state index >= 15 is 0 Å². The Bertz CT molecular complexity index is 1120. The van der Waals surface area contributed by atoms with E-state index in [1.165, 1.54) is 0 Å². The number of aryl methyl sites for hydroxylation is 1. The van der Waals surface area contributed by atoms with Crippen LogP contribution in [0.5, 0.6) is 0 Å². The van der Waals surface area contributed by atoms with Gasteiger partial charge in [0, 0.05) is 48.2 Å². The van der Waals surface area contributed by atoms with Gasteiger partial charge in [0.2, 0.25) is 11.9 Å². The molecular weight excluding hydrogens is 419 g/mol. The van der Waals surface area contributed by atoms with Crippen LogP contribution in [0.15, 0.2) is 48.8 Å². The molecule has 0 bridgehead atoms. The molecule has 1 aliphatic heterocycles. The van der Waals surface area contributed by atoms with Gasteiger partial charge in [-0.3, -0.25) is 9.78 Å². The van der Waals surface area contributed by atoms with Crippen LogP contribution in [-0.4, -0.2) is 27.4 Å². The van der Waals surface area contributed by atoms with Crippen LogP contribution < -0.4 is 10.6 Å². The fraction of sp³-hybridized carbons (Fsp3) is 0.304. The number of halogens is 3. The van der Waals surface area contributed by atoms with Gasteiger partial charge in [0.25, 0.3) is 0 Å². The zero-order chi connectivity index (χ0) is 22.7. The molecule has 32 heavy (non-hydrogen) atoms. The predicted octanol–water partition coefficient (Wildman–Crippen LogP) is 4.99. The number of nitrogens with zero attached hydrogens (tertiary/aromatic N) is 3. The molecule has 1 saturated heterocycles. The third-order valence-electron chi connectivity index (χ3n) is 5.35. The molecule has 4 rings (SSSR count). The molecule has 2 aromatic heterocycles. The van der Waals surface area contributed by atoms with E-state index in [0.29, 0.717) is 18.7 Å². The van der Waals surface area contributed by atoms with Gasteiger partial charge in [-0.25, -0.2) is 9.97 Å². The molecule has 3 aromatic rings. The second-order valence-electron chi connectivity index (χ2n) is 7.82. The minimum absolute atomic E-state index is 0.0775. The van der Waals surface area contributed by atoms with Crippen molar-refractivity contribution in [2.45, 2.75) is 38.3 Å². The number of hydrogen-bond donors (Lipinski definition) is 2. The molecule has 1 fully saturated rings. The van der Waals surface area contributed by atoms with Crippen molar-refractivity contribution in [3.63, 3.8) is 0 Å². The Balaban J connectivity index is 1.54. The van der Waals surface area contributed by atoms with Crippen molar-refractivity contribution < 1.29 is 18.0 Å². The smallest absolute Gasteiger partial charge is 0.356 e. The van der Waals surface area contributed by atoms with Gasteiger partial charge < -0.3 is 10.6 Å². The molecule has 2 N–H and O–H groups in total. The number of alkyl halides is 3. The van der Waals surface area contributed by atoms with E-state index in [-0.39, 0.29) is 17.8 Å². The van der Waals surface area contributed by atoms with Crippen LogP contribution in [0, 0.1) is 6.92 Å². The third kappa shape index (κ3) is 5.22. The van der Waals surface area contributed by atoms with E-state index in [9.17, 15) is 18.0 Å². The Kier molecular flexibility index (Phi) is 6.07. The van der Waals surface area contributed by atoms with E-state index in [4.69, 9.17) is 0 Å². The summed E-state index contributed by atoms with van der Waals surface area (Å²) in [7, 11) is 0. The van der Waals surface area contributed by atoms with Crippen LogP contribution in [0.4, 0.5) is 24.8 Å². The number of pyridine rings is 1. The van der Waals surface area contributed by atoms with Crippen molar-refractivity contribution in [3.05, 3.63) is 65.7 Å². The van der Waals surface area contributed by atoms with Crippen molar-refractivity contribution >= 4 is 17.5 Å². The number of carbonyl (C=O) groups excluding carboxylic acids is 1. The molecule has 9 heteroatoms. The molecule has 166 valence electrons. The summed E-state index contributed by atoms with van der Waals surface area (Å²) in [5, 5.41) is 5.74. The molecule has 1 atom stereocenters. The summed E-state index contributed by atoms with van der Waals surface area (Å²) in [6, 6.07) is 10.4. The number of benzene rings is 1. The molecule has 1 amide bonds. The van der Waals surface area contributed by atoms with Gasteiger partial charge in [-0.15, -0.1) is 0 Å². The molecule has 6 nitrogen and oxygen atoms in total. The second kappa shape index (κ2) is 8.94. The van der Waals surface area contributed by atoms with Crippen molar-refractivity contribution in [1.82, 2.24) is 20.3 Å². The molecule has 0 spiro atoms. The Labute approximate surface area is 183 Å². The van der Waals surface area contributed by atoms with Crippen LogP contribution in [0.2, 0.25) is 0 Å². The summed E-state index contributed by atoms with van der Waals surface area (Å²) in [6.07, 6.45) is 0.452. The number of aromatic nitrogens is 3. The molecule has 3 heterocycles. The largest absolute Gasteiger partial charge is 0.433 e. The van der Waals surface area contributed by atoms with Gasteiger partial charge in [-0.2, -0.15) is 13.2 Å². The van der Waals surface area contributed by atoms with Gasteiger partial charge in [0.05, 0.1) is 0 Å². The highest BCUT2D eigenvalue weighted by molar-refractivity contribution is 5.76. The van der Waals surface area contributed by atoms with Gasteiger partial charge in [0.15, 0.2) is 0 Å². The average Bonchev–Trinajstić information content (AvgIpc) is 2.97. The highest BCUT2D eigenvalue weighted by atomic mass is 19.4. The number of rotatable bonds is 4. The molecular formula is C23H22F3N5O. The molecule has 0 aliphatic carbocycles. The first kappa shape index (κ1) is 21.7. The summed E-state index contributed by atoms with van der Waals surface area (Å²) < 4.78 is 38.8. The number of nitrogens with one attached hydrogen (secondary N) is 2. The summed E-state index contributed by atoms with van der Waals surface area (Å²) >= 11 is 0. The lowest BCUT2D eigenvalue weighted by atomic mass is 9.95. The van der Waals surface area contributed by atoms with E-state index in [1.54, 1.807) is 6.20 Å². The first-order chi connectivity index (χ1) is 15.3. The highest BCUT2D eigenvalue weighted by Crippen LogP contribution is 2.30. The van der Waals surface area contributed by atoms with E-state index < -0.39 is 11.9 Å². The minimum atomic E-state index is -4.54. The highest BCUT2D eigenvalue weighted by Gasteiger charge is 2.32. The maximum absolute atomic E-state index is 12.9. The SMILES string of the molecule is Cc1cc(Nc2nccc(C(F)(F)F)n2)cc(-c2ccc(C3CCNC(=O)CC3)nc2)c1. The first-order valence-corrected chi connectivity index (χ1v) is 10.3. The monoisotopic (exact) mass is 441 g/mol. The molecule has 1 aromatic carbocycles. The lowest BCUT2D eigenvalue weighted by Gasteiger charge is -2.14.